The van der Waals surface area contributed by atoms with Gasteiger partial charge in [-0.05, 0) is 44.7 Å². The standard InChI is InChI=1S/C22H29FN6O4.2ClH/c23-16-9-14-18(30)15(22(32)33)11-29(13-4-5-13)19(14)27-20(16)28-8-6-12(10-28)26-21(31)17(25)3-1-2-7-24;;/h9,11-13,17H,1-8,10,24-25H2,(H,26,31)(H,32,33);2*1H/t12-,17-;;/m0../s1. The molecule has 1 aliphatic heterocycles. The first-order valence-electron chi connectivity index (χ1n) is 11.3. The molecule has 0 spiro atoms. The molecule has 1 aliphatic carbocycles. The van der Waals surface area contributed by atoms with Crippen molar-refractivity contribution >= 4 is 53.5 Å². The number of pyridine rings is 2. The second-order valence-electron chi connectivity index (χ2n) is 8.81. The highest BCUT2D eigenvalue weighted by Crippen LogP contribution is 2.37. The molecule has 0 radical (unpaired) electrons. The molecule has 3 heterocycles. The molecule has 13 heteroatoms. The first kappa shape index (κ1) is 28.8. The summed E-state index contributed by atoms with van der Waals surface area (Å²) in [6.45, 7) is 1.39. The average Bonchev–Trinajstić information content (AvgIpc) is 3.52. The molecule has 2 aromatic rings. The number of hydrogen-bond acceptors (Lipinski definition) is 7. The second kappa shape index (κ2) is 12.0. The number of anilines is 1. The van der Waals surface area contributed by atoms with Crippen LogP contribution in [0.1, 0.15) is 54.9 Å². The van der Waals surface area contributed by atoms with E-state index in [0.717, 1.165) is 31.7 Å². The third-order valence-electron chi connectivity index (χ3n) is 6.25. The van der Waals surface area contributed by atoms with Gasteiger partial charge >= 0.3 is 5.97 Å². The molecule has 2 aliphatic rings. The van der Waals surface area contributed by atoms with E-state index in [4.69, 9.17) is 11.5 Å². The van der Waals surface area contributed by atoms with Crippen molar-refractivity contribution in [1.82, 2.24) is 14.9 Å². The summed E-state index contributed by atoms with van der Waals surface area (Å²) in [6.07, 6.45) is 5.73. The summed E-state index contributed by atoms with van der Waals surface area (Å²) >= 11 is 0. The number of nitrogens with two attached hydrogens (primary N) is 2. The van der Waals surface area contributed by atoms with Crippen LogP contribution >= 0.6 is 24.8 Å². The minimum atomic E-state index is -1.35. The summed E-state index contributed by atoms with van der Waals surface area (Å²) in [5.41, 5.74) is 10.6. The largest absolute Gasteiger partial charge is 0.477 e. The zero-order chi connectivity index (χ0) is 23.7. The number of fused-ring (bicyclic) bond motifs is 1. The molecule has 1 saturated carbocycles. The van der Waals surface area contributed by atoms with Gasteiger partial charge in [-0.15, -0.1) is 24.8 Å². The fourth-order valence-corrected chi connectivity index (χ4v) is 4.26. The summed E-state index contributed by atoms with van der Waals surface area (Å²) in [6, 6.07) is 0.306. The highest BCUT2D eigenvalue weighted by atomic mass is 35.5. The molecule has 2 aromatic heterocycles. The zero-order valence-corrected chi connectivity index (χ0v) is 20.7. The highest BCUT2D eigenvalue weighted by Gasteiger charge is 2.31. The predicted octanol–water partition coefficient (Wildman–Crippen LogP) is 1.56. The quantitative estimate of drug-likeness (QED) is 0.354. The van der Waals surface area contributed by atoms with E-state index in [1.807, 2.05) is 0 Å². The monoisotopic (exact) mass is 532 g/mol. The average molecular weight is 533 g/mol. The van der Waals surface area contributed by atoms with Crippen LogP contribution < -0.4 is 27.1 Å². The van der Waals surface area contributed by atoms with Crippen LogP contribution in [0.4, 0.5) is 10.2 Å². The van der Waals surface area contributed by atoms with E-state index < -0.39 is 28.8 Å². The van der Waals surface area contributed by atoms with Crippen LogP contribution in [0.15, 0.2) is 17.1 Å². The van der Waals surface area contributed by atoms with E-state index in [1.54, 1.807) is 9.47 Å². The van der Waals surface area contributed by atoms with Crippen LogP contribution in [0.25, 0.3) is 11.0 Å². The number of aromatic carboxylic acids is 1. The van der Waals surface area contributed by atoms with Crippen molar-refractivity contribution in [3.63, 3.8) is 0 Å². The molecule has 2 fully saturated rings. The summed E-state index contributed by atoms with van der Waals surface area (Å²) in [7, 11) is 0. The molecular weight excluding hydrogens is 502 g/mol. The first-order valence-corrected chi connectivity index (χ1v) is 11.3. The Labute approximate surface area is 214 Å². The number of unbranched alkanes of at least 4 members (excludes halogenated alkanes) is 1. The molecule has 4 rings (SSSR count). The molecule has 6 N–H and O–H groups in total. The van der Waals surface area contributed by atoms with E-state index in [0.29, 0.717) is 32.5 Å². The molecule has 0 bridgehead atoms. The maximum Gasteiger partial charge on any atom is 0.341 e. The predicted molar refractivity (Wildman–Crippen MR) is 135 cm³/mol. The number of carbonyl (C=O) groups excluding carboxylic acids is 1. The van der Waals surface area contributed by atoms with Crippen molar-refractivity contribution in [3.05, 3.63) is 33.9 Å². The highest BCUT2D eigenvalue weighted by molar-refractivity contribution is 5.92. The Morgan fingerprint density at radius 1 is 1.26 bits per heavy atom. The van der Waals surface area contributed by atoms with Gasteiger partial charge in [0.2, 0.25) is 11.3 Å². The van der Waals surface area contributed by atoms with E-state index in [-0.39, 0.29) is 59.7 Å². The minimum Gasteiger partial charge on any atom is -0.477 e. The van der Waals surface area contributed by atoms with Gasteiger partial charge in [-0.2, -0.15) is 0 Å². The lowest BCUT2D eigenvalue weighted by atomic mass is 10.1. The SMILES string of the molecule is Cl.Cl.NCCCC[C@H](N)C(=O)N[C@H]1CCN(c2nc3c(cc2F)c(=O)c(C(=O)O)cn3C2CC2)C1. The van der Waals surface area contributed by atoms with Gasteiger partial charge in [0.15, 0.2) is 11.6 Å². The molecule has 0 aromatic carbocycles. The fraction of sp³-hybridized carbons (Fsp3) is 0.545. The Kier molecular flexibility index (Phi) is 9.85. The number of halogens is 3. The third-order valence-corrected chi connectivity index (χ3v) is 6.25. The van der Waals surface area contributed by atoms with Gasteiger partial charge in [0, 0.05) is 31.4 Å². The van der Waals surface area contributed by atoms with Crippen molar-refractivity contribution in [3.8, 4) is 0 Å². The number of carboxylic acid groups (broad SMARTS) is 1. The molecule has 0 unspecified atom stereocenters. The van der Waals surface area contributed by atoms with Crippen LogP contribution in [-0.4, -0.2) is 58.3 Å². The van der Waals surface area contributed by atoms with Gasteiger partial charge in [-0.1, -0.05) is 6.42 Å². The van der Waals surface area contributed by atoms with Gasteiger partial charge < -0.3 is 31.4 Å². The van der Waals surface area contributed by atoms with Crippen molar-refractivity contribution in [2.45, 2.75) is 56.7 Å². The van der Waals surface area contributed by atoms with Crippen LogP contribution in [0, 0.1) is 5.82 Å². The summed E-state index contributed by atoms with van der Waals surface area (Å²) in [5, 5.41) is 12.2. The minimum absolute atomic E-state index is 0. The smallest absolute Gasteiger partial charge is 0.341 e. The van der Waals surface area contributed by atoms with Crippen LogP contribution in [0.5, 0.6) is 0 Å². The van der Waals surface area contributed by atoms with Crippen molar-refractivity contribution < 1.29 is 19.1 Å². The lowest BCUT2D eigenvalue weighted by Gasteiger charge is -2.21. The lowest BCUT2D eigenvalue weighted by Crippen LogP contribution is -2.46. The fourth-order valence-electron chi connectivity index (χ4n) is 4.26. The molecular formula is C22H31Cl2FN6O4. The summed E-state index contributed by atoms with van der Waals surface area (Å²) in [5.74, 6) is -2.20. The maximum atomic E-state index is 15.0. The van der Waals surface area contributed by atoms with Crippen LogP contribution in [0.3, 0.4) is 0 Å². The maximum absolute atomic E-state index is 15.0. The number of amides is 1. The van der Waals surface area contributed by atoms with Gasteiger partial charge in [0.05, 0.1) is 11.4 Å². The van der Waals surface area contributed by atoms with Gasteiger partial charge in [0.1, 0.15) is 11.2 Å². The topological polar surface area (TPSA) is 157 Å². The molecule has 35 heavy (non-hydrogen) atoms. The number of rotatable bonds is 9. The number of aromatic nitrogens is 2. The number of nitrogens with one attached hydrogen (secondary N) is 1. The van der Waals surface area contributed by atoms with Gasteiger partial charge in [-0.25, -0.2) is 14.2 Å². The van der Waals surface area contributed by atoms with Crippen LogP contribution in [-0.2, 0) is 4.79 Å². The number of hydrogen-bond donors (Lipinski definition) is 4. The molecule has 194 valence electrons. The molecule has 10 nitrogen and oxygen atoms in total. The van der Waals surface area contributed by atoms with Crippen LogP contribution in [0.2, 0.25) is 0 Å². The van der Waals surface area contributed by atoms with E-state index >= 15 is 4.39 Å². The van der Waals surface area contributed by atoms with E-state index in [1.165, 1.54) is 6.20 Å². The molecule has 2 atom stereocenters. The Balaban J connectivity index is 0.00000216. The van der Waals surface area contributed by atoms with Crippen molar-refractivity contribution in [2.24, 2.45) is 11.5 Å². The first-order chi connectivity index (χ1) is 15.8. The van der Waals surface area contributed by atoms with Crippen molar-refractivity contribution in [1.29, 1.82) is 0 Å². The Morgan fingerprint density at radius 3 is 2.60 bits per heavy atom. The summed E-state index contributed by atoms with van der Waals surface area (Å²) in [4.78, 5) is 42.6. The lowest BCUT2D eigenvalue weighted by molar-refractivity contribution is -0.123. The Bertz CT molecular complexity index is 1140. The second-order valence-corrected chi connectivity index (χ2v) is 8.81. The third kappa shape index (κ3) is 6.21. The number of nitrogens with zero attached hydrogens (tertiary/aromatic N) is 3. The molecule has 1 saturated heterocycles. The zero-order valence-electron chi connectivity index (χ0n) is 19.1. The number of carbonyl (C=O) groups is 2. The number of carboxylic acids is 1. The summed E-state index contributed by atoms with van der Waals surface area (Å²) < 4.78 is 16.7. The van der Waals surface area contributed by atoms with E-state index in [9.17, 15) is 19.5 Å². The Hall–Kier alpha value is -2.47. The van der Waals surface area contributed by atoms with Gasteiger partial charge in [-0.3, -0.25) is 9.59 Å². The van der Waals surface area contributed by atoms with Crippen molar-refractivity contribution in [2.75, 3.05) is 24.5 Å². The normalized spacial score (nSPS) is 18.0. The van der Waals surface area contributed by atoms with E-state index in [2.05, 4.69) is 10.3 Å². The Morgan fingerprint density at radius 2 is 1.97 bits per heavy atom. The van der Waals surface area contributed by atoms with Gasteiger partial charge in [0.25, 0.3) is 0 Å². The molecule has 1 amide bonds.